The van der Waals surface area contributed by atoms with Gasteiger partial charge in [-0.05, 0) is 47.7 Å². The molecule has 0 N–H and O–H groups in total. The Kier molecular flexibility index (Phi) is 3.38. The summed E-state index contributed by atoms with van der Waals surface area (Å²) in [7, 11) is 0. The summed E-state index contributed by atoms with van der Waals surface area (Å²) in [6, 6.07) is 20.4. The lowest BCUT2D eigenvalue weighted by atomic mass is 9.96. The molecule has 0 saturated heterocycles. The van der Waals surface area contributed by atoms with E-state index >= 15 is 0 Å². The zero-order valence-electron chi connectivity index (χ0n) is 13.3. The van der Waals surface area contributed by atoms with Crippen molar-refractivity contribution in [1.29, 1.82) is 0 Å². The molecule has 0 spiro atoms. The maximum Gasteiger partial charge on any atom is 0.258 e. The molecule has 23 heavy (non-hydrogen) atoms. The number of benzene rings is 3. The van der Waals surface area contributed by atoms with Gasteiger partial charge in [0.1, 0.15) is 0 Å². The molecule has 3 aromatic carbocycles. The summed E-state index contributed by atoms with van der Waals surface area (Å²) in [6.07, 6.45) is 2.07. The van der Waals surface area contributed by atoms with Gasteiger partial charge < -0.3 is 4.90 Å². The lowest BCUT2D eigenvalue weighted by Gasteiger charge is -2.31. The second kappa shape index (κ2) is 5.54. The van der Waals surface area contributed by atoms with Gasteiger partial charge in [0.25, 0.3) is 5.91 Å². The van der Waals surface area contributed by atoms with Gasteiger partial charge in [-0.25, -0.2) is 0 Å². The first kappa shape index (κ1) is 14.0. The largest absolute Gasteiger partial charge is 0.308 e. The average molecular weight is 301 g/mol. The summed E-state index contributed by atoms with van der Waals surface area (Å²) in [5.41, 5.74) is 4.36. The number of aryl methyl sites for hydroxylation is 2. The summed E-state index contributed by atoms with van der Waals surface area (Å²) in [6.45, 7) is 2.88. The van der Waals surface area contributed by atoms with E-state index in [4.69, 9.17) is 0 Å². The van der Waals surface area contributed by atoms with Crippen LogP contribution in [0.4, 0.5) is 5.69 Å². The fourth-order valence-electron chi connectivity index (χ4n) is 3.61. The SMILES string of the molecule is Cc1cccc2c1N(C(=O)c1cccc3ccccc13)CCC2. The number of carbonyl (C=O) groups excluding carboxylic acids is 1. The molecule has 2 heteroatoms. The third kappa shape index (κ3) is 2.31. The predicted octanol–water partition coefficient (Wildman–Crippen LogP) is 4.74. The van der Waals surface area contributed by atoms with Crippen LogP contribution in [0.5, 0.6) is 0 Å². The molecule has 114 valence electrons. The number of rotatable bonds is 1. The fourth-order valence-corrected chi connectivity index (χ4v) is 3.61. The minimum absolute atomic E-state index is 0.108. The van der Waals surface area contributed by atoms with Crippen molar-refractivity contribution in [3.63, 3.8) is 0 Å². The van der Waals surface area contributed by atoms with Gasteiger partial charge in [-0.1, -0.05) is 54.6 Å². The number of amides is 1. The number of hydrogen-bond donors (Lipinski definition) is 0. The number of anilines is 1. The van der Waals surface area contributed by atoms with Crippen molar-refractivity contribution in [2.75, 3.05) is 11.4 Å². The van der Waals surface area contributed by atoms with Gasteiger partial charge in [0.15, 0.2) is 0 Å². The molecule has 1 amide bonds. The van der Waals surface area contributed by atoms with Crippen LogP contribution >= 0.6 is 0 Å². The molecule has 0 fully saturated rings. The zero-order chi connectivity index (χ0) is 15.8. The molecule has 0 radical (unpaired) electrons. The number of para-hydroxylation sites is 1. The predicted molar refractivity (Wildman–Crippen MR) is 95.1 cm³/mol. The molecule has 1 aliphatic heterocycles. The van der Waals surface area contributed by atoms with Gasteiger partial charge in [-0.3, -0.25) is 4.79 Å². The maximum atomic E-state index is 13.3. The quantitative estimate of drug-likeness (QED) is 0.635. The Hall–Kier alpha value is -2.61. The zero-order valence-corrected chi connectivity index (χ0v) is 13.3. The highest BCUT2D eigenvalue weighted by Crippen LogP contribution is 2.32. The smallest absolute Gasteiger partial charge is 0.258 e. The van der Waals surface area contributed by atoms with E-state index in [2.05, 4.69) is 37.3 Å². The molecule has 0 aliphatic carbocycles. The Morgan fingerprint density at radius 2 is 1.74 bits per heavy atom. The minimum atomic E-state index is 0.108. The van der Waals surface area contributed by atoms with Crippen LogP contribution in [-0.4, -0.2) is 12.5 Å². The topological polar surface area (TPSA) is 20.3 Å². The van der Waals surface area contributed by atoms with E-state index in [0.29, 0.717) is 0 Å². The normalized spacial score (nSPS) is 13.9. The van der Waals surface area contributed by atoms with Crippen LogP contribution in [0.15, 0.2) is 60.7 Å². The average Bonchev–Trinajstić information content (AvgIpc) is 2.60. The molecule has 4 rings (SSSR count). The van der Waals surface area contributed by atoms with Crippen LogP contribution in [0.25, 0.3) is 10.8 Å². The summed E-state index contributed by atoms with van der Waals surface area (Å²) >= 11 is 0. The minimum Gasteiger partial charge on any atom is -0.308 e. The lowest BCUT2D eigenvalue weighted by Crippen LogP contribution is -2.36. The third-order valence-corrected chi connectivity index (χ3v) is 4.68. The van der Waals surface area contributed by atoms with E-state index in [9.17, 15) is 4.79 Å². The molecular weight excluding hydrogens is 282 g/mol. The Morgan fingerprint density at radius 1 is 0.957 bits per heavy atom. The fraction of sp³-hybridized carbons (Fsp3) is 0.190. The monoisotopic (exact) mass is 301 g/mol. The first-order valence-electron chi connectivity index (χ1n) is 8.14. The van der Waals surface area contributed by atoms with Gasteiger partial charge in [0, 0.05) is 12.1 Å². The highest BCUT2D eigenvalue weighted by Gasteiger charge is 2.25. The van der Waals surface area contributed by atoms with Crippen molar-refractivity contribution >= 4 is 22.4 Å². The Balaban J connectivity index is 1.85. The van der Waals surface area contributed by atoms with Crippen LogP contribution in [-0.2, 0) is 6.42 Å². The van der Waals surface area contributed by atoms with Crippen molar-refractivity contribution in [3.05, 3.63) is 77.4 Å². The molecule has 0 atom stereocenters. The first-order valence-corrected chi connectivity index (χ1v) is 8.14. The lowest BCUT2D eigenvalue weighted by molar-refractivity contribution is 0.0986. The second-order valence-corrected chi connectivity index (χ2v) is 6.17. The first-order chi connectivity index (χ1) is 11.3. The number of nitrogens with zero attached hydrogens (tertiary/aromatic N) is 1. The summed E-state index contributed by atoms with van der Waals surface area (Å²) in [4.78, 5) is 15.2. The van der Waals surface area contributed by atoms with Gasteiger partial charge in [0.2, 0.25) is 0 Å². The standard InChI is InChI=1S/C21H19NO/c1-15-7-4-10-17-11-6-14-22(20(15)17)21(23)19-13-5-9-16-8-2-3-12-18(16)19/h2-5,7-10,12-13H,6,11,14H2,1H3. The Morgan fingerprint density at radius 3 is 2.65 bits per heavy atom. The van der Waals surface area contributed by atoms with E-state index in [1.54, 1.807) is 0 Å². The number of hydrogen-bond acceptors (Lipinski definition) is 1. The van der Waals surface area contributed by atoms with E-state index in [0.717, 1.165) is 41.4 Å². The molecule has 0 aromatic heterocycles. The van der Waals surface area contributed by atoms with E-state index in [-0.39, 0.29) is 5.91 Å². The van der Waals surface area contributed by atoms with Crippen LogP contribution in [0.2, 0.25) is 0 Å². The van der Waals surface area contributed by atoms with Gasteiger partial charge >= 0.3 is 0 Å². The Bertz CT molecular complexity index is 892. The number of fused-ring (bicyclic) bond motifs is 2. The number of carbonyl (C=O) groups is 1. The van der Waals surface area contributed by atoms with Crippen molar-refractivity contribution in [1.82, 2.24) is 0 Å². The highest BCUT2D eigenvalue weighted by atomic mass is 16.2. The van der Waals surface area contributed by atoms with Crippen molar-refractivity contribution in [2.45, 2.75) is 19.8 Å². The van der Waals surface area contributed by atoms with Crippen LogP contribution in [0, 0.1) is 6.92 Å². The van der Waals surface area contributed by atoms with Crippen molar-refractivity contribution < 1.29 is 4.79 Å². The van der Waals surface area contributed by atoms with Gasteiger partial charge in [-0.2, -0.15) is 0 Å². The molecule has 0 unspecified atom stereocenters. The summed E-state index contributed by atoms with van der Waals surface area (Å²) < 4.78 is 0. The van der Waals surface area contributed by atoms with E-state index in [1.165, 1.54) is 11.1 Å². The molecule has 0 saturated carbocycles. The third-order valence-electron chi connectivity index (χ3n) is 4.68. The van der Waals surface area contributed by atoms with Crippen LogP contribution < -0.4 is 4.90 Å². The van der Waals surface area contributed by atoms with Crippen LogP contribution in [0.1, 0.15) is 27.9 Å². The summed E-state index contributed by atoms with van der Waals surface area (Å²) in [5, 5.41) is 2.14. The van der Waals surface area contributed by atoms with Crippen molar-refractivity contribution in [3.8, 4) is 0 Å². The summed E-state index contributed by atoms with van der Waals surface area (Å²) in [5.74, 6) is 0.108. The molecule has 3 aromatic rings. The molecule has 0 bridgehead atoms. The van der Waals surface area contributed by atoms with Crippen molar-refractivity contribution in [2.24, 2.45) is 0 Å². The molecule has 1 aliphatic rings. The molecule has 1 heterocycles. The highest BCUT2D eigenvalue weighted by molar-refractivity contribution is 6.14. The van der Waals surface area contributed by atoms with E-state index < -0.39 is 0 Å². The molecule has 2 nitrogen and oxygen atoms in total. The Labute approximate surface area is 136 Å². The van der Waals surface area contributed by atoms with Crippen LogP contribution in [0.3, 0.4) is 0 Å². The van der Waals surface area contributed by atoms with Gasteiger partial charge in [0.05, 0.1) is 5.69 Å². The molecular formula is C21H19NO. The van der Waals surface area contributed by atoms with E-state index in [1.807, 2.05) is 35.2 Å². The van der Waals surface area contributed by atoms with Gasteiger partial charge in [-0.15, -0.1) is 0 Å². The maximum absolute atomic E-state index is 13.3. The second-order valence-electron chi connectivity index (χ2n) is 6.17.